The van der Waals surface area contributed by atoms with Crippen LogP contribution in [0.25, 0.3) is 5.76 Å². The zero-order chi connectivity index (χ0) is 21.3. The molecule has 1 aromatic heterocycles. The number of carbonyl (C=O) groups excluding carboxylic acids is 2. The highest BCUT2D eigenvalue weighted by atomic mass is 32.1. The minimum absolute atomic E-state index is 0.0102. The number of aliphatic hydroxyl groups is 1. The molecule has 1 atom stereocenters. The Morgan fingerprint density at radius 1 is 1.10 bits per heavy atom. The van der Waals surface area contributed by atoms with Crippen LogP contribution < -0.4 is 4.74 Å². The summed E-state index contributed by atoms with van der Waals surface area (Å²) in [7, 11) is 1.54. The highest BCUT2D eigenvalue weighted by Crippen LogP contribution is 2.42. The van der Waals surface area contributed by atoms with Crippen molar-refractivity contribution in [1.82, 2.24) is 4.90 Å². The first-order valence-electron chi connectivity index (χ1n) is 9.21. The fourth-order valence-electron chi connectivity index (χ4n) is 3.57. The number of para-hydroxylation sites is 1. The van der Waals surface area contributed by atoms with Crippen molar-refractivity contribution in [2.24, 2.45) is 0 Å². The van der Waals surface area contributed by atoms with Gasteiger partial charge in [0.25, 0.3) is 11.7 Å². The lowest BCUT2D eigenvalue weighted by molar-refractivity contribution is -0.140. The molecule has 0 radical (unpaired) electrons. The molecule has 2 heterocycles. The predicted molar refractivity (Wildman–Crippen MR) is 112 cm³/mol. The maximum Gasteiger partial charge on any atom is 0.295 e. The third-order valence-corrected chi connectivity index (χ3v) is 5.93. The van der Waals surface area contributed by atoms with Crippen LogP contribution in [0.15, 0.2) is 71.6 Å². The van der Waals surface area contributed by atoms with E-state index in [0.29, 0.717) is 5.75 Å². The molecule has 1 unspecified atom stereocenters. The third-order valence-electron chi connectivity index (χ3n) is 5.00. The molecule has 0 bridgehead atoms. The number of ether oxygens (including phenoxy) is 1. The Kier molecular flexibility index (Phi) is 5.37. The van der Waals surface area contributed by atoms with Gasteiger partial charge in [-0.15, -0.1) is 11.3 Å². The summed E-state index contributed by atoms with van der Waals surface area (Å²) in [5.41, 5.74) is 1.00. The predicted octanol–water partition coefficient (Wildman–Crippen LogP) is 4.52. The van der Waals surface area contributed by atoms with Crippen LogP contribution in [0.5, 0.6) is 5.75 Å². The van der Waals surface area contributed by atoms with Crippen LogP contribution >= 0.6 is 11.3 Å². The normalized spacial score (nSPS) is 18.1. The number of halogens is 1. The first-order chi connectivity index (χ1) is 14.5. The topological polar surface area (TPSA) is 66.8 Å². The molecular formula is C23H18FNO4S. The minimum atomic E-state index is -0.773. The number of nitrogens with zero attached hydrogens (tertiary/aromatic N) is 1. The number of likely N-dealkylation sites (tertiary alicyclic amines) is 1. The Morgan fingerprint density at radius 2 is 1.83 bits per heavy atom. The summed E-state index contributed by atoms with van der Waals surface area (Å²) < 4.78 is 18.7. The second-order valence-electron chi connectivity index (χ2n) is 6.76. The summed E-state index contributed by atoms with van der Waals surface area (Å²) in [6, 6.07) is 15.3. The van der Waals surface area contributed by atoms with Crippen LogP contribution in [-0.2, 0) is 16.1 Å². The summed E-state index contributed by atoms with van der Waals surface area (Å²) in [6.07, 6.45) is 0. The molecule has 0 saturated carbocycles. The molecule has 1 saturated heterocycles. The quantitative estimate of drug-likeness (QED) is 0.372. The SMILES string of the molecule is COc1ccccc1CN1C(=O)C(=O)/C(=C(\O)c2ccc(F)cc2)C1c1cccs1. The van der Waals surface area contributed by atoms with Crippen LogP contribution in [0.3, 0.4) is 0 Å². The number of carbonyl (C=O) groups is 2. The summed E-state index contributed by atoms with van der Waals surface area (Å²) in [6.45, 7) is 0.136. The van der Waals surface area contributed by atoms with Gasteiger partial charge in [0.2, 0.25) is 0 Å². The van der Waals surface area contributed by atoms with Crippen molar-refractivity contribution in [3.8, 4) is 5.75 Å². The van der Waals surface area contributed by atoms with Crippen molar-refractivity contribution in [3.63, 3.8) is 0 Å². The molecule has 1 aliphatic rings. The number of methoxy groups -OCH3 is 1. The molecule has 5 nitrogen and oxygen atoms in total. The van der Waals surface area contributed by atoms with Crippen molar-refractivity contribution in [2.75, 3.05) is 7.11 Å². The molecule has 0 spiro atoms. The van der Waals surface area contributed by atoms with Gasteiger partial charge < -0.3 is 14.7 Å². The maximum atomic E-state index is 13.3. The van der Waals surface area contributed by atoms with E-state index in [1.165, 1.54) is 47.6 Å². The van der Waals surface area contributed by atoms with E-state index in [-0.39, 0.29) is 23.4 Å². The van der Waals surface area contributed by atoms with E-state index < -0.39 is 23.5 Å². The van der Waals surface area contributed by atoms with Crippen molar-refractivity contribution < 1.29 is 23.8 Å². The number of hydrogen-bond donors (Lipinski definition) is 1. The Hall–Kier alpha value is -3.45. The fourth-order valence-corrected chi connectivity index (χ4v) is 4.41. The number of rotatable bonds is 5. The molecular weight excluding hydrogens is 405 g/mol. The van der Waals surface area contributed by atoms with Gasteiger partial charge in [-0.3, -0.25) is 9.59 Å². The van der Waals surface area contributed by atoms with Crippen molar-refractivity contribution in [1.29, 1.82) is 0 Å². The second-order valence-corrected chi connectivity index (χ2v) is 7.74. The monoisotopic (exact) mass is 423 g/mol. The molecule has 3 aromatic rings. The number of Topliss-reactive ketones (excluding diaryl/α,β-unsaturated/α-hetero) is 1. The van der Waals surface area contributed by atoms with Crippen molar-refractivity contribution in [2.45, 2.75) is 12.6 Å². The van der Waals surface area contributed by atoms with E-state index in [1.807, 2.05) is 35.7 Å². The van der Waals surface area contributed by atoms with Gasteiger partial charge in [-0.25, -0.2) is 4.39 Å². The standard InChI is InChI=1S/C23H18FNO4S/c1-29-17-6-3-2-5-15(17)13-25-20(18-7-4-12-30-18)19(22(27)23(25)28)21(26)14-8-10-16(24)11-9-14/h2-12,20,26H,13H2,1H3/b21-19-. The zero-order valence-corrected chi connectivity index (χ0v) is 16.9. The fraction of sp³-hybridized carbons (Fsp3) is 0.130. The van der Waals surface area contributed by atoms with Gasteiger partial charge in [0.05, 0.1) is 25.3 Å². The molecule has 1 N–H and O–H groups in total. The van der Waals surface area contributed by atoms with Crippen LogP contribution in [0.4, 0.5) is 4.39 Å². The number of aliphatic hydroxyl groups excluding tert-OH is 1. The zero-order valence-electron chi connectivity index (χ0n) is 16.0. The maximum absolute atomic E-state index is 13.3. The van der Waals surface area contributed by atoms with Crippen LogP contribution in [0.2, 0.25) is 0 Å². The lowest BCUT2D eigenvalue weighted by atomic mass is 9.99. The lowest BCUT2D eigenvalue weighted by Crippen LogP contribution is -2.29. The highest BCUT2D eigenvalue weighted by molar-refractivity contribution is 7.10. The highest BCUT2D eigenvalue weighted by Gasteiger charge is 2.46. The molecule has 1 fully saturated rings. The van der Waals surface area contributed by atoms with E-state index in [0.717, 1.165) is 10.4 Å². The third kappa shape index (κ3) is 3.48. The average Bonchev–Trinajstić information content (AvgIpc) is 3.37. The summed E-state index contributed by atoms with van der Waals surface area (Å²) in [4.78, 5) is 28.1. The largest absolute Gasteiger partial charge is 0.507 e. The summed E-state index contributed by atoms with van der Waals surface area (Å²) in [5.74, 6) is -1.66. The molecule has 0 aliphatic carbocycles. The summed E-state index contributed by atoms with van der Waals surface area (Å²) >= 11 is 1.38. The first kappa shape index (κ1) is 19.8. The number of benzene rings is 2. The molecule has 4 rings (SSSR count). The molecule has 1 aliphatic heterocycles. The second kappa shape index (κ2) is 8.12. The van der Waals surface area contributed by atoms with Gasteiger partial charge in [-0.2, -0.15) is 0 Å². The van der Waals surface area contributed by atoms with Gasteiger partial charge in [0.15, 0.2) is 0 Å². The molecule has 7 heteroatoms. The number of amides is 1. The number of hydrogen-bond acceptors (Lipinski definition) is 5. The smallest absolute Gasteiger partial charge is 0.295 e. The molecule has 152 valence electrons. The molecule has 1 amide bonds. The average molecular weight is 423 g/mol. The lowest BCUT2D eigenvalue weighted by Gasteiger charge is -2.25. The van der Waals surface area contributed by atoms with E-state index in [9.17, 15) is 19.1 Å². The van der Waals surface area contributed by atoms with E-state index in [1.54, 1.807) is 6.07 Å². The van der Waals surface area contributed by atoms with Gasteiger partial charge in [0.1, 0.15) is 17.3 Å². The van der Waals surface area contributed by atoms with E-state index in [2.05, 4.69) is 0 Å². The Bertz CT molecular complexity index is 1120. The Morgan fingerprint density at radius 3 is 2.50 bits per heavy atom. The first-order valence-corrected chi connectivity index (χ1v) is 10.1. The number of thiophene rings is 1. The molecule has 2 aromatic carbocycles. The molecule has 30 heavy (non-hydrogen) atoms. The van der Waals surface area contributed by atoms with E-state index >= 15 is 0 Å². The number of ketones is 1. The van der Waals surface area contributed by atoms with Gasteiger partial charge in [0, 0.05) is 16.0 Å². The van der Waals surface area contributed by atoms with Gasteiger partial charge >= 0.3 is 0 Å². The summed E-state index contributed by atoms with van der Waals surface area (Å²) in [5, 5.41) is 12.7. The van der Waals surface area contributed by atoms with Crippen LogP contribution in [0.1, 0.15) is 22.0 Å². The van der Waals surface area contributed by atoms with Gasteiger partial charge in [-0.1, -0.05) is 24.3 Å². The van der Waals surface area contributed by atoms with Gasteiger partial charge in [-0.05, 0) is 41.8 Å². The van der Waals surface area contributed by atoms with Crippen LogP contribution in [0, 0.1) is 5.82 Å². The minimum Gasteiger partial charge on any atom is -0.507 e. The van der Waals surface area contributed by atoms with E-state index in [4.69, 9.17) is 4.74 Å². The Balaban J connectivity index is 1.83. The van der Waals surface area contributed by atoms with Crippen LogP contribution in [-0.4, -0.2) is 28.8 Å². The Labute approximate surface area is 176 Å². The van der Waals surface area contributed by atoms with Crippen molar-refractivity contribution in [3.05, 3.63) is 93.4 Å². The van der Waals surface area contributed by atoms with Crippen molar-refractivity contribution >= 4 is 28.8 Å².